The third kappa shape index (κ3) is 8.01. The minimum absolute atomic E-state index is 0.110. The van der Waals surface area contributed by atoms with Crippen LogP contribution in [0.25, 0.3) is 0 Å². The van der Waals surface area contributed by atoms with Gasteiger partial charge in [-0.15, -0.1) is 0 Å². The molecule has 2 rings (SSSR count). The van der Waals surface area contributed by atoms with E-state index in [9.17, 15) is 0 Å². The van der Waals surface area contributed by atoms with E-state index in [1.165, 1.54) is 5.56 Å². The molecule has 1 aliphatic heterocycles. The molecular formula is C25H40N2O5. The van der Waals surface area contributed by atoms with Crippen LogP contribution in [0.15, 0.2) is 28.2 Å². The lowest BCUT2D eigenvalue weighted by atomic mass is 9.84. The molecule has 32 heavy (non-hydrogen) atoms. The largest absolute Gasteiger partial charge is 0.493 e. The predicted octanol–water partition coefficient (Wildman–Crippen LogP) is 4.57. The summed E-state index contributed by atoms with van der Waals surface area (Å²) in [5, 5.41) is 0. The topological polar surface area (TPSA) is 70.9 Å². The van der Waals surface area contributed by atoms with E-state index in [-0.39, 0.29) is 6.04 Å². The molecule has 0 saturated carbocycles. The Morgan fingerprint density at radius 1 is 1.00 bits per heavy atom. The Hall–Kier alpha value is -2.28. The summed E-state index contributed by atoms with van der Waals surface area (Å²) in [6.45, 7) is 11.4. The summed E-state index contributed by atoms with van der Waals surface area (Å²) in [5.74, 6) is 3.80. The van der Waals surface area contributed by atoms with Gasteiger partial charge in [-0.05, 0) is 56.2 Å². The van der Waals surface area contributed by atoms with Gasteiger partial charge in [0.1, 0.15) is 12.6 Å². The molecular weight excluding hydrogens is 408 g/mol. The van der Waals surface area contributed by atoms with Gasteiger partial charge in [-0.3, -0.25) is 0 Å². The van der Waals surface area contributed by atoms with Gasteiger partial charge >= 0.3 is 0 Å². The second-order valence-corrected chi connectivity index (χ2v) is 8.18. The van der Waals surface area contributed by atoms with E-state index in [1.54, 1.807) is 14.2 Å². The average Bonchev–Trinajstić information content (AvgIpc) is 2.78. The molecule has 0 radical (unpaired) electrons. The molecule has 1 heterocycles. The Labute approximate surface area is 193 Å². The van der Waals surface area contributed by atoms with Crippen molar-refractivity contribution in [2.45, 2.75) is 53.0 Å². The van der Waals surface area contributed by atoms with Crippen molar-refractivity contribution in [3.63, 3.8) is 0 Å². The molecule has 0 unspecified atom stereocenters. The molecule has 7 heteroatoms. The summed E-state index contributed by atoms with van der Waals surface area (Å²) >= 11 is 0. The van der Waals surface area contributed by atoms with Crippen LogP contribution in [0.1, 0.15) is 46.1 Å². The average molecular weight is 449 g/mol. The van der Waals surface area contributed by atoms with Gasteiger partial charge in [-0.1, -0.05) is 19.9 Å². The molecule has 1 aromatic rings. The van der Waals surface area contributed by atoms with E-state index in [4.69, 9.17) is 28.7 Å². The van der Waals surface area contributed by atoms with Gasteiger partial charge in [-0.2, -0.15) is 0 Å². The highest BCUT2D eigenvalue weighted by Crippen LogP contribution is 2.32. The molecule has 0 amide bonds. The maximum atomic E-state index is 5.97. The molecule has 1 aromatic carbocycles. The second kappa shape index (κ2) is 14.0. The molecule has 7 nitrogen and oxygen atoms in total. The molecule has 2 atom stereocenters. The molecule has 0 saturated heterocycles. The molecule has 0 aromatic heterocycles. The Morgan fingerprint density at radius 3 is 2.44 bits per heavy atom. The number of aliphatic imine (C=N–C) groups is 2. The van der Waals surface area contributed by atoms with E-state index in [0.717, 1.165) is 36.7 Å². The first kappa shape index (κ1) is 26.0. The Balaban J connectivity index is 2.14. The predicted molar refractivity (Wildman–Crippen MR) is 128 cm³/mol. The first-order chi connectivity index (χ1) is 15.5. The van der Waals surface area contributed by atoms with Gasteiger partial charge in [0.2, 0.25) is 11.8 Å². The first-order valence-electron chi connectivity index (χ1n) is 11.7. The number of rotatable bonds is 13. The van der Waals surface area contributed by atoms with Crippen LogP contribution in [0, 0.1) is 11.8 Å². The highest BCUT2D eigenvalue weighted by Gasteiger charge is 2.28. The number of methoxy groups -OCH3 is 2. The van der Waals surface area contributed by atoms with E-state index in [1.807, 2.05) is 19.9 Å². The lowest BCUT2D eigenvalue weighted by Gasteiger charge is -2.27. The van der Waals surface area contributed by atoms with Crippen LogP contribution in [0.4, 0.5) is 0 Å². The molecule has 0 aliphatic carbocycles. The van der Waals surface area contributed by atoms with Gasteiger partial charge in [0.05, 0.1) is 26.9 Å². The van der Waals surface area contributed by atoms with Gasteiger partial charge in [0.15, 0.2) is 11.5 Å². The Bertz CT molecular complexity index is 748. The van der Waals surface area contributed by atoms with Crippen LogP contribution >= 0.6 is 0 Å². The summed E-state index contributed by atoms with van der Waals surface area (Å²) in [7, 11) is 3.36. The summed E-state index contributed by atoms with van der Waals surface area (Å²) in [6.07, 6.45) is 2.59. The molecule has 1 aliphatic rings. The lowest BCUT2D eigenvalue weighted by Crippen LogP contribution is -2.33. The van der Waals surface area contributed by atoms with E-state index in [2.05, 4.69) is 31.0 Å². The summed E-state index contributed by atoms with van der Waals surface area (Å²) in [4.78, 5) is 9.42. The fourth-order valence-corrected chi connectivity index (χ4v) is 3.74. The maximum Gasteiger partial charge on any atom is 0.209 e. The van der Waals surface area contributed by atoms with Crippen molar-refractivity contribution in [2.75, 3.05) is 47.2 Å². The normalized spacial score (nSPS) is 16.9. The third-order valence-electron chi connectivity index (χ3n) is 5.50. The SMILES string of the molecule is CCOC1=N[C@H](C[C@H](Cc2ccc(OC)c(OCCCOC)c2)C(C)C)C(OCC)=NC1. The van der Waals surface area contributed by atoms with Crippen molar-refractivity contribution in [2.24, 2.45) is 21.8 Å². The smallest absolute Gasteiger partial charge is 0.209 e. The second-order valence-electron chi connectivity index (χ2n) is 8.18. The van der Waals surface area contributed by atoms with E-state index in [0.29, 0.717) is 50.7 Å². The minimum Gasteiger partial charge on any atom is -0.493 e. The van der Waals surface area contributed by atoms with Gasteiger partial charge in [-0.25, -0.2) is 9.98 Å². The molecule has 180 valence electrons. The zero-order chi connectivity index (χ0) is 23.3. The molecule has 0 bridgehead atoms. The quantitative estimate of drug-likeness (QED) is 0.414. The Morgan fingerprint density at radius 2 is 1.78 bits per heavy atom. The van der Waals surface area contributed by atoms with Crippen molar-refractivity contribution >= 4 is 11.8 Å². The van der Waals surface area contributed by atoms with Crippen molar-refractivity contribution < 1.29 is 23.7 Å². The van der Waals surface area contributed by atoms with E-state index >= 15 is 0 Å². The van der Waals surface area contributed by atoms with Crippen LogP contribution in [-0.4, -0.2) is 65.0 Å². The highest BCUT2D eigenvalue weighted by molar-refractivity contribution is 5.91. The number of nitrogens with zero attached hydrogens (tertiary/aromatic N) is 2. The minimum atomic E-state index is -0.110. The van der Waals surface area contributed by atoms with Crippen LogP contribution < -0.4 is 9.47 Å². The Kier molecular flexibility index (Phi) is 11.4. The summed E-state index contributed by atoms with van der Waals surface area (Å²) < 4.78 is 28.0. The molecule has 0 fully saturated rings. The number of hydrogen-bond acceptors (Lipinski definition) is 7. The number of hydrogen-bond donors (Lipinski definition) is 0. The van der Waals surface area contributed by atoms with Crippen molar-refractivity contribution in [3.05, 3.63) is 23.8 Å². The first-order valence-corrected chi connectivity index (χ1v) is 11.7. The monoisotopic (exact) mass is 448 g/mol. The van der Waals surface area contributed by atoms with Gasteiger partial charge < -0.3 is 23.7 Å². The maximum absolute atomic E-state index is 5.97. The lowest BCUT2D eigenvalue weighted by molar-refractivity contribution is 0.170. The summed E-state index contributed by atoms with van der Waals surface area (Å²) in [6, 6.07) is 6.08. The van der Waals surface area contributed by atoms with Crippen molar-refractivity contribution in [1.82, 2.24) is 0 Å². The van der Waals surface area contributed by atoms with Crippen LogP contribution in [-0.2, 0) is 20.6 Å². The zero-order valence-electron chi connectivity index (χ0n) is 20.6. The zero-order valence-corrected chi connectivity index (χ0v) is 20.6. The number of ether oxygens (including phenoxy) is 5. The van der Waals surface area contributed by atoms with Crippen LogP contribution in [0.2, 0.25) is 0 Å². The number of benzene rings is 1. The summed E-state index contributed by atoms with van der Waals surface area (Å²) in [5.41, 5.74) is 1.21. The standard InChI is InChI=1S/C25H40N2O5/c1-7-30-24-17-26-25(31-8-2)21(27-24)16-20(18(3)4)14-19-10-11-22(29-6)23(15-19)32-13-9-12-28-5/h10-11,15,18,20-21H,7-9,12-14,16-17H2,1-6H3/t20-,21+/m0/s1. The fourth-order valence-electron chi connectivity index (χ4n) is 3.74. The van der Waals surface area contributed by atoms with Crippen LogP contribution in [0.5, 0.6) is 11.5 Å². The van der Waals surface area contributed by atoms with Gasteiger partial charge in [0, 0.05) is 20.1 Å². The van der Waals surface area contributed by atoms with E-state index < -0.39 is 0 Å². The third-order valence-corrected chi connectivity index (χ3v) is 5.50. The molecule has 0 spiro atoms. The molecule has 0 N–H and O–H groups in total. The van der Waals surface area contributed by atoms with Crippen LogP contribution in [0.3, 0.4) is 0 Å². The van der Waals surface area contributed by atoms with Crippen molar-refractivity contribution in [3.8, 4) is 11.5 Å². The van der Waals surface area contributed by atoms with Gasteiger partial charge in [0.25, 0.3) is 0 Å². The fraction of sp³-hybridized carbons (Fsp3) is 0.680. The van der Waals surface area contributed by atoms with Crippen molar-refractivity contribution in [1.29, 1.82) is 0 Å². The highest BCUT2D eigenvalue weighted by atomic mass is 16.5.